The highest BCUT2D eigenvalue weighted by Gasteiger charge is 2.49. The van der Waals surface area contributed by atoms with Crippen molar-refractivity contribution in [2.45, 2.75) is 51.9 Å². The van der Waals surface area contributed by atoms with Crippen LogP contribution in [0.15, 0.2) is 0 Å². The fourth-order valence-electron chi connectivity index (χ4n) is 2.68. The van der Waals surface area contributed by atoms with Gasteiger partial charge in [-0.25, -0.2) is 0 Å². The van der Waals surface area contributed by atoms with Crippen molar-refractivity contribution in [1.82, 2.24) is 0 Å². The van der Waals surface area contributed by atoms with Gasteiger partial charge in [0.2, 0.25) is 0 Å². The largest absolute Gasteiger partial charge is 0.0620 e. The molecule has 2 aliphatic rings. The Morgan fingerprint density at radius 2 is 1.50 bits per heavy atom. The maximum Gasteiger partial charge on any atom is -0.0269 e. The Bertz CT molecular complexity index is 118. The monoisotopic (exact) mass is 138 g/mol. The molecule has 0 aromatic carbocycles. The van der Waals surface area contributed by atoms with E-state index in [9.17, 15) is 0 Å². The first-order valence-electron chi connectivity index (χ1n) is 4.83. The van der Waals surface area contributed by atoms with Crippen LogP contribution >= 0.6 is 0 Å². The van der Waals surface area contributed by atoms with Gasteiger partial charge in [0, 0.05) is 0 Å². The first kappa shape index (κ1) is 6.69. The van der Waals surface area contributed by atoms with Gasteiger partial charge in [-0.1, -0.05) is 32.6 Å². The van der Waals surface area contributed by atoms with Crippen molar-refractivity contribution < 1.29 is 0 Å². The third kappa shape index (κ3) is 0.980. The van der Waals surface area contributed by atoms with Gasteiger partial charge in [0.05, 0.1) is 0 Å². The molecule has 1 spiro atoms. The van der Waals surface area contributed by atoms with Crippen LogP contribution in [0.5, 0.6) is 0 Å². The second-order valence-corrected chi connectivity index (χ2v) is 4.38. The highest BCUT2D eigenvalue weighted by atomic mass is 14.5. The van der Waals surface area contributed by atoms with E-state index >= 15 is 0 Å². The number of rotatable bonds is 0. The summed E-state index contributed by atoms with van der Waals surface area (Å²) in [6.45, 7) is 2.44. The van der Waals surface area contributed by atoms with Crippen LogP contribution in [0.2, 0.25) is 0 Å². The summed E-state index contributed by atoms with van der Waals surface area (Å²) >= 11 is 0. The highest BCUT2D eigenvalue weighted by Crippen LogP contribution is 2.60. The molecule has 0 heterocycles. The molecule has 0 radical (unpaired) electrons. The Morgan fingerprint density at radius 3 is 1.90 bits per heavy atom. The van der Waals surface area contributed by atoms with E-state index in [0.717, 1.165) is 11.3 Å². The first-order valence-corrected chi connectivity index (χ1v) is 4.83. The lowest BCUT2D eigenvalue weighted by atomic mass is 9.95. The second kappa shape index (κ2) is 2.25. The van der Waals surface area contributed by atoms with Gasteiger partial charge in [-0.2, -0.15) is 0 Å². The van der Waals surface area contributed by atoms with Gasteiger partial charge in [-0.05, 0) is 30.6 Å². The number of hydrogen-bond donors (Lipinski definition) is 0. The van der Waals surface area contributed by atoms with Crippen LogP contribution in [0, 0.1) is 11.3 Å². The summed E-state index contributed by atoms with van der Waals surface area (Å²) < 4.78 is 0. The zero-order chi connectivity index (χ0) is 7.03. The van der Waals surface area contributed by atoms with E-state index in [2.05, 4.69) is 6.92 Å². The van der Waals surface area contributed by atoms with Gasteiger partial charge in [0.15, 0.2) is 0 Å². The quantitative estimate of drug-likeness (QED) is 0.481. The molecule has 0 saturated heterocycles. The minimum absolute atomic E-state index is 0.872. The third-order valence-corrected chi connectivity index (χ3v) is 3.70. The highest BCUT2D eigenvalue weighted by molar-refractivity contribution is 4.99. The Labute approximate surface area is 64.0 Å². The molecule has 2 aliphatic carbocycles. The number of hydrogen-bond acceptors (Lipinski definition) is 0. The molecule has 1 atom stereocenters. The summed E-state index contributed by atoms with van der Waals surface area (Å²) in [5.41, 5.74) is 0.872. The first-order chi connectivity index (χ1) is 4.83. The summed E-state index contributed by atoms with van der Waals surface area (Å²) in [7, 11) is 0. The van der Waals surface area contributed by atoms with Crippen molar-refractivity contribution >= 4 is 0 Å². The topological polar surface area (TPSA) is 0 Å². The van der Waals surface area contributed by atoms with Crippen LogP contribution in [-0.4, -0.2) is 0 Å². The third-order valence-electron chi connectivity index (χ3n) is 3.70. The zero-order valence-corrected chi connectivity index (χ0v) is 7.03. The summed E-state index contributed by atoms with van der Waals surface area (Å²) in [5, 5.41) is 0. The van der Waals surface area contributed by atoms with Gasteiger partial charge in [0.25, 0.3) is 0 Å². The van der Waals surface area contributed by atoms with Crippen molar-refractivity contribution in [1.29, 1.82) is 0 Å². The molecule has 0 nitrogen and oxygen atoms in total. The predicted octanol–water partition coefficient (Wildman–Crippen LogP) is 3.37. The molecule has 2 rings (SSSR count). The SMILES string of the molecule is CC1CC12CCCCCC2. The van der Waals surface area contributed by atoms with Gasteiger partial charge in [0.1, 0.15) is 0 Å². The molecule has 1 unspecified atom stereocenters. The van der Waals surface area contributed by atoms with Crippen LogP contribution in [0.4, 0.5) is 0 Å². The molecule has 0 aliphatic heterocycles. The Kier molecular flexibility index (Phi) is 1.51. The molecular formula is C10H18. The van der Waals surface area contributed by atoms with E-state index in [4.69, 9.17) is 0 Å². The van der Waals surface area contributed by atoms with E-state index in [1.165, 1.54) is 25.7 Å². The van der Waals surface area contributed by atoms with Crippen molar-refractivity contribution in [2.75, 3.05) is 0 Å². The molecule has 10 heavy (non-hydrogen) atoms. The molecule has 0 heteroatoms. The average molecular weight is 138 g/mol. The lowest BCUT2D eigenvalue weighted by Gasteiger charge is -2.11. The maximum atomic E-state index is 2.44. The van der Waals surface area contributed by atoms with Crippen molar-refractivity contribution in [2.24, 2.45) is 11.3 Å². The minimum Gasteiger partial charge on any atom is -0.0620 e. The molecule has 2 fully saturated rings. The van der Waals surface area contributed by atoms with Gasteiger partial charge >= 0.3 is 0 Å². The molecule has 0 aromatic rings. The van der Waals surface area contributed by atoms with Crippen LogP contribution in [-0.2, 0) is 0 Å². The van der Waals surface area contributed by atoms with E-state index in [1.54, 1.807) is 19.3 Å². The molecule has 0 N–H and O–H groups in total. The van der Waals surface area contributed by atoms with Crippen molar-refractivity contribution in [3.63, 3.8) is 0 Å². The Morgan fingerprint density at radius 1 is 1.00 bits per heavy atom. The van der Waals surface area contributed by atoms with Crippen LogP contribution in [0.1, 0.15) is 51.9 Å². The molecule has 2 saturated carbocycles. The van der Waals surface area contributed by atoms with Gasteiger partial charge < -0.3 is 0 Å². The smallest absolute Gasteiger partial charge is 0.0269 e. The lowest BCUT2D eigenvalue weighted by Crippen LogP contribution is -1.99. The maximum absolute atomic E-state index is 2.44. The summed E-state index contributed by atoms with van der Waals surface area (Å²) in [6.07, 6.45) is 10.7. The fraction of sp³-hybridized carbons (Fsp3) is 1.00. The predicted molar refractivity (Wildman–Crippen MR) is 43.9 cm³/mol. The van der Waals surface area contributed by atoms with Crippen molar-refractivity contribution in [3.05, 3.63) is 0 Å². The standard InChI is InChI=1S/C10H18/c1-9-8-10(9)6-4-2-3-5-7-10/h9H,2-8H2,1H3. The van der Waals surface area contributed by atoms with Crippen LogP contribution in [0.3, 0.4) is 0 Å². The van der Waals surface area contributed by atoms with E-state index in [-0.39, 0.29) is 0 Å². The fourth-order valence-corrected chi connectivity index (χ4v) is 2.68. The zero-order valence-electron chi connectivity index (χ0n) is 7.03. The second-order valence-electron chi connectivity index (χ2n) is 4.38. The molecule has 0 amide bonds. The Hall–Kier alpha value is 0. The average Bonchev–Trinajstić information content (AvgIpc) is 2.60. The summed E-state index contributed by atoms with van der Waals surface area (Å²) in [6, 6.07) is 0. The van der Waals surface area contributed by atoms with Gasteiger partial charge in [-0.15, -0.1) is 0 Å². The van der Waals surface area contributed by atoms with E-state index in [1.807, 2.05) is 0 Å². The Balaban J connectivity index is 1.95. The normalized spacial score (nSPS) is 37.5. The van der Waals surface area contributed by atoms with Crippen molar-refractivity contribution in [3.8, 4) is 0 Å². The van der Waals surface area contributed by atoms with Crippen LogP contribution < -0.4 is 0 Å². The summed E-state index contributed by atoms with van der Waals surface area (Å²) in [5.74, 6) is 1.07. The lowest BCUT2D eigenvalue weighted by molar-refractivity contribution is 0.403. The van der Waals surface area contributed by atoms with Crippen LogP contribution in [0.25, 0.3) is 0 Å². The molecular weight excluding hydrogens is 120 g/mol. The molecule has 58 valence electrons. The van der Waals surface area contributed by atoms with Gasteiger partial charge in [-0.3, -0.25) is 0 Å². The van der Waals surface area contributed by atoms with E-state index in [0.29, 0.717) is 0 Å². The molecule has 0 aromatic heterocycles. The summed E-state index contributed by atoms with van der Waals surface area (Å²) in [4.78, 5) is 0. The van der Waals surface area contributed by atoms with E-state index < -0.39 is 0 Å². The molecule has 0 bridgehead atoms. The minimum atomic E-state index is 0.872.